The lowest BCUT2D eigenvalue weighted by atomic mass is 10.2. The van der Waals surface area contributed by atoms with E-state index in [1.54, 1.807) is 24.3 Å². The Morgan fingerprint density at radius 1 is 1.09 bits per heavy atom. The van der Waals surface area contributed by atoms with Gasteiger partial charge in [-0.3, -0.25) is 0 Å². The third-order valence-corrected chi connectivity index (χ3v) is 3.20. The number of carbonyl (C=O) groups excluding carboxylic acids is 1. The van der Waals surface area contributed by atoms with Gasteiger partial charge in [-0.2, -0.15) is 4.68 Å². The third kappa shape index (κ3) is 3.12. The van der Waals surface area contributed by atoms with Crippen LogP contribution in [0.5, 0.6) is 0 Å². The molecule has 0 aliphatic rings. The maximum Gasteiger partial charge on any atom is 0.338 e. The molecule has 0 radical (unpaired) electrons. The van der Waals surface area contributed by atoms with Crippen molar-refractivity contribution in [3.63, 3.8) is 0 Å². The first-order valence-corrected chi connectivity index (χ1v) is 6.87. The number of benzene rings is 2. The highest BCUT2D eigenvalue weighted by Crippen LogP contribution is 2.12. The summed E-state index contributed by atoms with van der Waals surface area (Å²) < 4.78 is 6.75. The Hall–Kier alpha value is -2.73. The van der Waals surface area contributed by atoms with E-state index in [0.29, 0.717) is 16.4 Å². The van der Waals surface area contributed by atoms with Crippen molar-refractivity contribution in [2.45, 2.75) is 6.61 Å². The van der Waals surface area contributed by atoms with E-state index in [2.05, 4.69) is 15.5 Å². The van der Waals surface area contributed by atoms with Gasteiger partial charge in [0.05, 0.1) is 11.3 Å². The predicted molar refractivity (Wildman–Crippen MR) is 79.7 cm³/mol. The van der Waals surface area contributed by atoms with Crippen LogP contribution < -0.4 is 0 Å². The molecule has 7 heteroatoms. The monoisotopic (exact) mass is 314 g/mol. The van der Waals surface area contributed by atoms with Crippen molar-refractivity contribution in [1.82, 2.24) is 20.2 Å². The van der Waals surface area contributed by atoms with Crippen LogP contribution in [-0.4, -0.2) is 26.2 Å². The summed E-state index contributed by atoms with van der Waals surface area (Å²) in [6.45, 7) is -0.0245. The number of rotatable bonds is 4. The summed E-state index contributed by atoms with van der Waals surface area (Å²) in [5, 5.41) is 11.9. The van der Waals surface area contributed by atoms with Gasteiger partial charge in [0.25, 0.3) is 0 Å². The topological polar surface area (TPSA) is 69.9 Å². The van der Waals surface area contributed by atoms with E-state index in [0.717, 1.165) is 5.69 Å². The van der Waals surface area contributed by atoms with Gasteiger partial charge in [-0.1, -0.05) is 29.8 Å². The standard InChI is InChI=1S/C15H11ClN4O2/c16-12-8-6-11(7-9-12)15(21)22-10-14-17-18-19-20(14)13-4-2-1-3-5-13/h1-9H,10H2. The van der Waals surface area contributed by atoms with Crippen LogP contribution in [0.1, 0.15) is 16.2 Å². The summed E-state index contributed by atoms with van der Waals surface area (Å²) in [5.74, 6) is -0.0206. The molecule has 22 heavy (non-hydrogen) atoms. The fourth-order valence-electron chi connectivity index (χ4n) is 1.86. The Balaban J connectivity index is 1.71. The van der Waals surface area contributed by atoms with Crippen molar-refractivity contribution in [3.8, 4) is 5.69 Å². The van der Waals surface area contributed by atoms with Crippen LogP contribution in [0, 0.1) is 0 Å². The number of hydrogen-bond acceptors (Lipinski definition) is 5. The number of nitrogens with zero attached hydrogens (tertiary/aromatic N) is 4. The number of halogens is 1. The molecule has 0 saturated heterocycles. The molecule has 1 aromatic heterocycles. The van der Waals surface area contributed by atoms with Crippen molar-refractivity contribution < 1.29 is 9.53 Å². The number of carbonyl (C=O) groups is 1. The second kappa shape index (κ2) is 6.36. The molecule has 110 valence electrons. The van der Waals surface area contributed by atoms with Crippen molar-refractivity contribution in [2.24, 2.45) is 0 Å². The highest BCUT2D eigenvalue weighted by Gasteiger charge is 2.12. The first-order chi connectivity index (χ1) is 10.7. The van der Waals surface area contributed by atoms with Gasteiger partial charge in [-0.05, 0) is 46.8 Å². The van der Waals surface area contributed by atoms with Crippen LogP contribution in [0.25, 0.3) is 5.69 Å². The number of aromatic nitrogens is 4. The summed E-state index contributed by atoms with van der Waals surface area (Å²) in [6, 6.07) is 15.8. The zero-order chi connectivity index (χ0) is 15.4. The molecule has 2 aromatic carbocycles. The van der Waals surface area contributed by atoms with Gasteiger partial charge >= 0.3 is 5.97 Å². The first kappa shape index (κ1) is 14.2. The molecular formula is C15H11ClN4O2. The zero-order valence-corrected chi connectivity index (χ0v) is 12.1. The number of para-hydroxylation sites is 1. The summed E-state index contributed by atoms with van der Waals surface area (Å²) in [7, 11) is 0. The average Bonchev–Trinajstić information content (AvgIpc) is 3.02. The van der Waals surface area contributed by atoms with Gasteiger partial charge in [0.2, 0.25) is 0 Å². The SMILES string of the molecule is O=C(OCc1nnnn1-c1ccccc1)c1ccc(Cl)cc1. The molecule has 1 heterocycles. The van der Waals surface area contributed by atoms with Crippen LogP contribution in [0.15, 0.2) is 54.6 Å². The van der Waals surface area contributed by atoms with Gasteiger partial charge in [0, 0.05) is 5.02 Å². The molecule has 0 unspecified atom stereocenters. The van der Waals surface area contributed by atoms with Crippen LogP contribution in [0.3, 0.4) is 0 Å². The molecular weight excluding hydrogens is 304 g/mol. The minimum atomic E-state index is -0.459. The van der Waals surface area contributed by atoms with E-state index in [1.807, 2.05) is 30.3 Å². The molecule has 0 spiro atoms. The van der Waals surface area contributed by atoms with E-state index in [4.69, 9.17) is 16.3 Å². The smallest absolute Gasteiger partial charge is 0.338 e. The number of tetrazole rings is 1. The Bertz CT molecular complexity index is 772. The van der Waals surface area contributed by atoms with Crippen molar-refractivity contribution in [3.05, 3.63) is 71.0 Å². The van der Waals surface area contributed by atoms with Gasteiger partial charge in [0.1, 0.15) is 0 Å². The molecule has 0 fully saturated rings. The van der Waals surface area contributed by atoms with Crippen LogP contribution >= 0.6 is 11.6 Å². The average molecular weight is 315 g/mol. The Morgan fingerprint density at radius 3 is 2.55 bits per heavy atom. The zero-order valence-electron chi connectivity index (χ0n) is 11.4. The molecule has 3 aromatic rings. The lowest BCUT2D eigenvalue weighted by molar-refractivity contribution is 0.0459. The molecule has 0 amide bonds. The first-order valence-electron chi connectivity index (χ1n) is 6.49. The van der Waals surface area contributed by atoms with Crippen LogP contribution in [-0.2, 0) is 11.3 Å². The van der Waals surface area contributed by atoms with Gasteiger partial charge < -0.3 is 4.74 Å². The van der Waals surface area contributed by atoms with Crippen molar-refractivity contribution >= 4 is 17.6 Å². The second-order valence-electron chi connectivity index (χ2n) is 4.43. The largest absolute Gasteiger partial charge is 0.454 e. The van der Waals surface area contributed by atoms with E-state index in [1.165, 1.54) is 4.68 Å². The molecule has 0 bridgehead atoms. The summed E-state index contributed by atoms with van der Waals surface area (Å²) >= 11 is 5.78. The Labute approximate surface area is 131 Å². The highest BCUT2D eigenvalue weighted by molar-refractivity contribution is 6.30. The Morgan fingerprint density at radius 2 is 1.82 bits per heavy atom. The van der Waals surface area contributed by atoms with Gasteiger partial charge in [-0.25, -0.2) is 4.79 Å². The molecule has 0 aliphatic heterocycles. The quantitative estimate of drug-likeness (QED) is 0.692. The van der Waals surface area contributed by atoms with E-state index in [9.17, 15) is 4.79 Å². The second-order valence-corrected chi connectivity index (χ2v) is 4.86. The van der Waals surface area contributed by atoms with E-state index >= 15 is 0 Å². The maximum atomic E-state index is 12.0. The highest BCUT2D eigenvalue weighted by atomic mass is 35.5. The molecule has 0 saturated carbocycles. The molecule has 3 rings (SSSR count). The minimum absolute atomic E-state index is 0.0245. The van der Waals surface area contributed by atoms with Gasteiger partial charge in [0.15, 0.2) is 12.4 Å². The normalized spacial score (nSPS) is 10.4. The summed E-state index contributed by atoms with van der Waals surface area (Å²) in [6.07, 6.45) is 0. The number of esters is 1. The van der Waals surface area contributed by atoms with Crippen LogP contribution in [0.4, 0.5) is 0 Å². The van der Waals surface area contributed by atoms with Crippen molar-refractivity contribution in [2.75, 3.05) is 0 Å². The van der Waals surface area contributed by atoms with Crippen LogP contribution in [0.2, 0.25) is 5.02 Å². The lowest BCUT2D eigenvalue weighted by Gasteiger charge is -2.06. The summed E-state index contributed by atoms with van der Waals surface area (Å²) in [4.78, 5) is 12.0. The maximum absolute atomic E-state index is 12.0. The van der Waals surface area contributed by atoms with E-state index in [-0.39, 0.29) is 6.61 Å². The van der Waals surface area contributed by atoms with Crippen molar-refractivity contribution in [1.29, 1.82) is 0 Å². The lowest BCUT2D eigenvalue weighted by Crippen LogP contribution is -2.09. The van der Waals surface area contributed by atoms with Gasteiger partial charge in [-0.15, -0.1) is 5.10 Å². The fraction of sp³-hybridized carbons (Fsp3) is 0.0667. The molecule has 0 atom stereocenters. The van der Waals surface area contributed by atoms with E-state index < -0.39 is 5.97 Å². The molecule has 0 N–H and O–H groups in total. The molecule has 0 aliphatic carbocycles. The third-order valence-electron chi connectivity index (χ3n) is 2.95. The molecule has 6 nitrogen and oxygen atoms in total. The predicted octanol–water partition coefficient (Wildman–Crippen LogP) is 2.67. The Kier molecular flexibility index (Phi) is 4.11. The number of hydrogen-bond donors (Lipinski definition) is 0. The fourth-order valence-corrected chi connectivity index (χ4v) is 1.99. The summed E-state index contributed by atoms with van der Waals surface area (Å²) in [5.41, 5.74) is 1.22. The number of ether oxygens (including phenoxy) is 1. The minimum Gasteiger partial charge on any atom is -0.454 e.